The summed E-state index contributed by atoms with van der Waals surface area (Å²) in [6, 6.07) is 0. The van der Waals surface area contributed by atoms with E-state index >= 15 is 0 Å². The van der Waals surface area contributed by atoms with Crippen LogP contribution in [0, 0.1) is 6.92 Å². The lowest BCUT2D eigenvalue weighted by Gasteiger charge is -2.12. The van der Waals surface area contributed by atoms with Gasteiger partial charge in [-0.2, -0.15) is 4.98 Å². The molecule has 0 atom stereocenters. The lowest BCUT2D eigenvalue weighted by atomic mass is 10.2. The molecule has 0 fully saturated rings. The van der Waals surface area contributed by atoms with Crippen molar-refractivity contribution in [1.29, 1.82) is 0 Å². The molecule has 1 heterocycles. The lowest BCUT2D eigenvalue weighted by molar-refractivity contribution is 0.170. The van der Waals surface area contributed by atoms with Crippen molar-refractivity contribution in [3.05, 3.63) is 16.5 Å². The summed E-state index contributed by atoms with van der Waals surface area (Å²) in [5.74, 6) is 1.52. The second kappa shape index (κ2) is 6.77. The number of ether oxygens (including phenoxy) is 2. The van der Waals surface area contributed by atoms with Gasteiger partial charge in [0.25, 0.3) is 0 Å². The molecule has 0 aliphatic heterocycles. The third kappa shape index (κ3) is 4.13. The first-order valence-electron chi connectivity index (χ1n) is 5.72. The van der Waals surface area contributed by atoms with Crippen molar-refractivity contribution in [3.8, 4) is 5.88 Å². The van der Waals surface area contributed by atoms with Crippen LogP contribution in [0.5, 0.6) is 5.88 Å². The van der Waals surface area contributed by atoms with E-state index in [9.17, 15) is 0 Å². The number of methoxy groups -OCH3 is 1. The molecule has 0 bridgehead atoms. The zero-order valence-corrected chi connectivity index (χ0v) is 11.5. The van der Waals surface area contributed by atoms with Gasteiger partial charge in [0.2, 0.25) is 5.88 Å². The van der Waals surface area contributed by atoms with E-state index < -0.39 is 0 Å². The van der Waals surface area contributed by atoms with Crippen LogP contribution >= 0.6 is 11.6 Å². The topological polar surface area (TPSA) is 44.2 Å². The Morgan fingerprint density at radius 2 is 1.94 bits per heavy atom. The highest BCUT2D eigenvalue weighted by molar-refractivity contribution is 6.30. The Labute approximate surface area is 107 Å². The smallest absolute Gasteiger partial charge is 0.221 e. The molecule has 0 saturated carbocycles. The summed E-state index contributed by atoms with van der Waals surface area (Å²) in [6.45, 7) is 7.15. The molecule has 0 saturated heterocycles. The van der Waals surface area contributed by atoms with Crippen LogP contribution < -0.4 is 4.74 Å². The summed E-state index contributed by atoms with van der Waals surface area (Å²) >= 11 is 6.05. The van der Waals surface area contributed by atoms with Gasteiger partial charge in [0.15, 0.2) is 0 Å². The van der Waals surface area contributed by atoms with E-state index in [0.717, 1.165) is 12.0 Å². The zero-order chi connectivity index (χ0) is 12.8. The van der Waals surface area contributed by atoms with Crippen molar-refractivity contribution < 1.29 is 9.47 Å². The van der Waals surface area contributed by atoms with E-state index in [-0.39, 0.29) is 5.92 Å². The Balaban J connectivity index is 2.75. The Kier molecular flexibility index (Phi) is 5.65. The SMILES string of the molecule is COCCCOc1nc(C(C)C)nc(Cl)c1C. The minimum Gasteiger partial charge on any atom is -0.477 e. The normalized spacial score (nSPS) is 10.9. The maximum atomic E-state index is 6.05. The van der Waals surface area contributed by atoms with Crippen LogP contribution in [0.25, 0.3) is 0 Å². The molecule has 1 rings (SSSR count). The van der Waals surface area contributed by atoms with Gasteiger partial charge in [-0.05, 0) is 6.92 Å². The number of halogens is 1. The highest BCUT2D eigenvalue weighted by Gasteiger charge is 2.12. The molecule has 0 aliphatic carbocycles. The Hall–Kier alpha value is -0.870. The van der Waals surface area contributed by atoms with Gasteiger partial charge in [-0.3, -0.25) is 0 Å². The predicted octanol–water partition coefficient (Wildman–Crippen LogP) is 2.98. The molecular formula is C12H19ClN2O2. The van der Waals surface area contributed by atoms with Gasteiger partial charge >= 0.3 is 0 Å². The molecule has 1 aromatic heterocycles. The molecular weight excluding hydrogens is 240 g/mol. The van der Waals surface area contributed by atoms with E-state index in [1.165, 1.54) is 0 Å². The zero-order valence-electron chi connectivity index (χ0n) is 10.8. The quantitative estimate of drug-likeness (QED) is 0.581. The van der Waals surface area contributed by atoms with Crippen LogP contribution in [0.3, 0.4) is 0 Å². The fraction of sp³-hybridized carbons (Fsp3) is 0.667. The molecule has 17 heavy (non-hydrogen) atoms. The van der Waals surface area contributed by atoms with Crippen molar-refractivity contribution in [2.24, 2.45) is 0 Å². The summed E-state index contributed by atoms with van der Waals surface area (Å²) in [4.78, 5) is 8.60. The van der Waals surface area contributed by atoms with Crippen molar-refractivity contribution >= 4 is 11.6 Å². The minimum absolute atomic E-state index is 0.231. The van der Waals surface area contributed by atoms with Gasteiger partial charge in [0.05, 0.1) is 6.61 Å². The third-order valence-corrected chi connectivity index (χ3v) is 2.68. The molecule has 0 spiro atoms. The highest BCUT2D eigenvalue weighted by atomic mass is 35.5. The van der Waals surface area contributed by atoms with E-state index in [0.29, 0.717) is 30.1 Å². The minimum atomic E-state index is 0.231. The van der Waals surface area contributed by atoms with Crippen LogP contribution in [0.2, 0.25) is 5.15 Å². The number of rotatable bonds is 6. The van der Waals surface area contributed by atoms with E-state index in [1.807, 2.05) is 20.8 Å². The molecule has 5 heteroatoms. The van der Waals surface area contributed by atoms with Crippen LogP contribution in [0.1, 0.15) is 37.6 Å². The Morgan fingerprint density at radius 1 is 1.24 bits per heavy atom. The third-order valence-electron chi connectivity index (χ3n) is 2.31. The first-order valence-corrected chi connectivity index (χ1v) is 6.09. The first-order chi connectivity index (χ1) is 8.06. The van der Waals surface area contributed by atoms with Gasteiger partial charge in [0, 0.05) is 31.6 Å². The Bertz CT molecular complexity index is 370. The van der Waals surface area contributed by atoms with Crippen molar-refractivity contribution in [2.45, 2.75) is 33.1 Å². The monoisotopic (exact) mass is 258 g/mol. The number of aromatic nitrogens is 2. The maximum Gasteiger partial charge on any atom is 0.221 e. The fourth-order valence-corrected chi connectivity index (χ4v) is 1.42. The van der Waals surface area contributed by atoms with Gasteiger partial charge in [-0.1, -0.05) is 25.4 Å². The van der Waals surface area contributed by atoms with Gasteiger partial charge in [-0.15, -0.1) is 0 Å². The standard InChI is InChI=1S/C12H19ClN2O2/c1-8(2)11-14-10(13)9(3)12(15-11)17-7-5-6-16-4/h8H,5-7H2,1-4H3. The summed E-state index contributed by atoms with van der Waals surface area (Å²) in [5, 5.41) is 0.463. The molecule has 0 aromatic carbocycles. The van der Waals surface area contributed by atoms with E-state index in [2.05, 4.69) is 9.97 Å². The molecule has 4 nitrogen and oxygen atoms in total. The number of hydrogen-bond acceptors (Lipinski definition) is 4. The first kappa shape index (κ1) is 14.2. The number of hydrogen-bond donors (Lipinski definition) is 0. The molecule has 0 amide bonds. The van der Waals surface area contributed by atoms with E-state index in [4.69, 9.17) is 21.1 Å². The van der Waals surface area contributed by atoms with Crippen molar-refractivity contribution in [2.75, 3.05) is 20.3 Å². The van der Waals surface area contributed by atoms with Crippen LogP contribution in [0.4, 0.5) is 0 Å². The predicted molar refractivity (Wildman–Crippen MR) is 67.9 cm³/mol. The van der Waals surface area contributed by atoms with Crippen LogP contribution in [0.15, 0.2) is 0 Å². The second-order valence-electron chi connectivity index (χ2n) is 4.15. The lowest BCUT2D eigenvalue weighted by Crippen LogP contribution is -2.07. The molecule has 0 N–H and O–H groups in total. The van der Waals surface area contributed by atoms with Crippen LogP contribution in [-0.4, -0.2) is 30.3 Å². The van der Waals surface area contributed by atoms with Crippen molar-refractivity contribution in [3.63, 3.8) is 0 Å². The van der Waals surface area contributed by atoms with Gasteiger partial charge in [0.1, 0.15) is 11.0 Å². The highest BCUT2D eigenvalue weighted by Crippen LogP contribution is 2.24. The fourth-order valence-electron chi connectivity index (χ4n) is 1.26. The van der Waals surface area contributed by atoms with Crippen molar-refractivity contribution in [1.82, 2.24) is 9.97 Å². The van der Waals surface area contributed by atoms with E-state index in [1.54, 1.807) is 7.11 Å². The Morgan fingerprint density at radius 3 is 2.53 bits per heavy atom. The summed E-state index contributed by atoms with van der Waals surface area (Å²) in [7, 11) is 1.67. The number of nitrogens with zero attached hydrogens (tertiary/aromatic N) is 2. The average Bonchev–Trinajstić information content (AvgIpc) is 2.29. The summed E-state index contributed by atoms with van der Waals surface area (Å²) in [5.41, 5.74) is 0.786. The average molecular weight is 259 g/mol. The van der Waals surface area contributed by atoms with Crippen LogP contribution in [-0.2, 0) is 4.74 Å². The second-order valence-corrected chi connectivity index (χ2v) is 4.51. The molecule has 1 aromatic rings. The molecule has 0 unspecified atom stereocenters. The molecule has 0 aliphatic rings. The maximum absolute atomic E-state index is 6.05. The van der Waals surface area contributed by atoms with Gasteiger partial charge in [-0.25, -0.2) is 4.98 Å². The molecule has 0 radical (unpaired) electrons. The summed E-state index contributed by atoms with van der Waals surface area (Å²) < 4.78 is 10.6. The van der Waals surface area contributed by atoms with Gasteiger partial charge < -0.3 is 9.47 Å². The summed E-state index contributed by atoms with van der Waals surface area (Å²) in [6.07, 6.45) is 0.828. The largest absolute Gasteiger partial charge is 0.477 e. The molecule has 96 valence electrons.